The number of ether oxygens (including phenoxy) is 1. The number of halogens is 2. The van der Waals surface area contributed by atoms with E-state index in [1.54, 1.807) is 6.07 Å². The molecule has 2 heterocycles. The van der Waals surface area contributed by atoms with Crippen molar-refractivity contribution in [2.45, 2.75) is 31.4 Å². The normalized spacial score (nSPS) is 28.2. The summed E-state index contributed by atoms with van der Waals surface area (Å²) in [6, 6.07) is 5.06. The quantitative estimate of drug-likeness (QED) is 0.916. The fourth-order valence-electron chi connectivity index (χ4n) is 3.59. The third-order valence-corrected chi connectivity index (χ3v) is 5.13. The fraction of sp³-hybridized carbons (Fsp3) is 0.588. The second-order valence-corrected chi connectivity index (χ2v) is 6.80. The van der Waals surface area contributed by atoms with Crippen molar-refractivity contribution in [1.82, 2.24) is 10.2 Å². The molecule has 2 saturated heterocycles. The van der Waals surface area contributed by atoms with E-state index in [1.165, 1.54) is 6.07 Å². The zero-order valence-electron chi connectivity index (χ0n) is 13.2. The van der Waals surface area contributed by atoms with Gasteiger partial charge in [0.05, 0.1) is 5.02 Å². The molecular formula is C17H22ClFN2O2. The molecule has 0 bridgehead atoms. The smallest absolute Gasteiger partial charge is 0.249 e. The molecule has 2 fully saturated rings. The Morgan fingerprint density at radius 1 is 1.48 bits per heavy atom. The Kier molecular flexibility index (Phi) is 5.19. The third-order valence-electron chi connectivity index (χ3n) is 4.82. The van der Waals surface area contributed by atoms with Crippen molar-refractivity contribution in [1.29, 1.82) is 0 Å². The number of hydrogen-bond acceptors (Lipinski definition) is 3. The molecule has 1 amide bonds. The van der Waals surface area contributed by atoms with Crippen LogP contribution in [0.25, 0.3) is 0 Å². The maximum Gasteiger partial charge on any atom is 0.249 e. The zero-order valence-corrected chi connectivity index (χ0v) is 14.0. The summed E-state index contributed by atoms with van der Waals surface area (Å²) < 4.78 is 19.2. The lowest BCUT2D eigenvalue weighted by Crippen LogP contribution is -2.38. The number of rotatable bonds is 4. The van der Waals surface area contributed by atoms with E-state index in [4.69, 9.17) is 16.3 Å². The first-order valence-electron chi connectivity index (χ1n) is 8.11. The molecule has 3 atom stereocenters. The van der Waals surface area contributed by atoms with E-state index in [-0.39, 0.29) is 29.0 Å². The first-order valence-corrected chi connectivity index (χ1v) is 8.48. The van der Waals surface area contributed by atoms with Crippen LogP contribution in [0.1, 0.15) is 30.9 Å². The molecule has 3 rings (SSSR count). The Bertz CT molecular complexity index is 578. The SMILES string of the molecule is CN1CC[C@H](CNC(=O)[C@@H]2CCCO2)[C@@H]1c1ccc(Cl)c(F)c1. The van der Waals surface area contributed by atoms with E-state index in [1.807, 2.05) is 13.1 Å². The second kappa shape index (κ2) is 7.16. The Morgan fingerprint density at radius 2 is 2.30 bits per heavy atom. The number of carbonyl (C=O) groups excluding carboxylic acids is 1. The number of benzene rings is 1. The highest BCUT2D eigenvalue weighted by Gasteiger charge is 2.34. The van der Waals surface area contributed by atoms with Crippen molar-refractivity contribution in [3.63, 3.8) is 0 Å². The number of hydrogen-bond donors (Lipinski definition) is 1. The summed E-state index contributed by atoms with van der Waals surface area (Å²) in [6.45, 7) is 2.17. The van der Waals surface area contributed by atoms with Gasteiger partial charge < -0.3 is 10.1 Å². The van der Waals surface area contributed by atoms with Crippen molar-refractivity contribution in [2.75, 3.05) is 26.7 Å². The van der Waals surface area contributed by atoms with Crippen LogP contribution in [0.3, 0.4) is 0 Å². The molecule has 0 saturated carbocycles. The van der Waals surface area contributed by atoms with Gasteiger partial charge in [0, 0.05) is 19.2 Å². The molecule has 0 aromatic heterocycles. The van der Waals surface area contributed by atoms with Crippen LogP contribution in [-0.2, 0) is 9.53 Å². The van der Waals surface area contributed by atoms with Crippen LogP contribution in [0.5, 0.6) is 0 Å². The van der Waals surface area contributed by atoms with E-state index in [0.29, 0.717) is 13.2 Å². The predicted molar refractivity (Wildman–Crippen MR) is 86.9 cm³/mol. The third kappa shape index (κ3) is 3.67. The summed E-state index contributed by atoms with van der Waals surface area (Å²) in [4.78, 5) is 14.3. The minimum Gasteiger partial charge on any atom is -0.368 e. The lowest BCUT2D eigenvalue weighted by Gasteiger charge is -2.26. The van der Waals surface area contributed by atoms with Gasteiger partial charge >= 0.3 is 0 Å². The van der Waals surface area contributed by atoms with Crippen LogP contribution in [0.15, 0.2) is 18.2 Å². The number of nitrogens with zero attached hydrogens (tertiary/aromatic N) is 1. The molecule has 126 valence electrons. The molecule has 1 N–H and O–H groups in total. The first kappa shape index (κ1) is 16.7. The summed E-state index contributed by atoms with van der Waals surface area (Å²) in [6.07, 6.45) is 2.40. The predicted octanol–water partition coefficient (Wildman–Crippen LogP) is 2.77. The van der Waals surface area contributed by atoms with Gasteiger partial charge in [0.1, 0.15) is 11.9 Å². The van der Waals surface area contributed by atoms with Crippen LogP contribution in [0, 0.1) is 11.7 Å². The van der Waals surface area contributed by atoms with Gasteiger partial charge in [-0.25, -0.2) is 4.39 Å². The lowest BCUT2D eigenvalue weighted by molar-refractivity contribution is -0.130. The van der Waals surface area contributed by atoms with Crippen molar-refractivity contribution < 1.29 is 13.9 Å². The summed E-state index contributed by atoms with van der Waals surface area (Å²) in [7, 11) is 2.03. The van der Waals surface area contributed by atoms with Gasteiger partial charge in [0.15, 0.2) is 0 Å². The average molecular weight is 341 g/mol. The molecule has 2 aliphatic rings. The highest BCUT2D eigenvalue weighted by molar-refractivity contribution is 6.30. The summed E-state index contributed by atoms with van der Waals surface area (Å²) in [5.41, 5.74) is 0.906. The molecule has 1 aromatic carbocycles. The van der Waals surface area contributed by atoms with Gasteiger partial charge in [0.25, 0.3) is 0 Å². The summed E-state index contributed by atoms with van der Waals surface area (Å²) in [5.74, 6) is -0.171. The lowest BCUT2D eigenvalue weighted by atomic mass is 9.93. The number of carbonyl (C=O) groups is 1. The average Bonchev–Trinajstić information content (AvgIpc) is 3.18. The minimum atomic E-state index is -0.397. The molecule has 2 aliphatic heterocycles. The molecule has 1 aromatic rings. The second-order valence-electron chi connectivity index (χ2n) is 6.39. The Balaban J connectivity index is 1.65. The van der Waals surface area contributed by atoms with Crippen LogP contribution in [-0.4, -0.2) is 43.7 Å². The molecule has 23 heavy (non-hydrogen) atoms. The van der Waals surface area contributed by atoms with Crippen molar-refractivity contribution in [3.8, 4) is 0 Å². The standard InChI is InChI=1S/C17H22ClFN2O2/c1-21-7-6-12(10-20-17(22)15-3-2-8-23-15)16(21)11-4-5-13(18)14(19)9-11/h4-5,9,12,15-16H,2-3,6-8,10H2,1H3,(H,20,22)/t12-,15+,16+/m1/s1. The maximum absolute atomic E-state index is 13.8. The molecule has 0 aliphatic carbocycles. The maximum atomic E-state index is 13.8. The highest BCUT2D eigenvalue weighted by atomic mass is 35.5. The van der Waals surface area contributed by atoms with E-state index >= 15 is 0 Å². The number of likely N-dealkylation sites (tertiary alicyclic amines) is 1. The van der Waals surface area contributed by atoms with E-state index in [0.717, 1.165) is 31.4 Å². The molecule has 4 nitrogen and oxygen atoms in total. The van der Waals surface area contributed by atoms with Gasteiger partial charge in [0.2, 0.25) is 5.91 Å². The Hall–Kier alpha value is -1.17. The summed E-state index contributed by atoms with van der Waals surface area (Å²) >= 11 is 5.78. The Labute approximate surface area is 140 Å². The van der Waals surface area contributed by atoms with E-state index in [2.05, 4.69) is 10.2 Å². The van der Waals surface area contributed by atoms with Gasteiger partial charge in [-0.15, -0.1) is 0 Å². The Morgan fingerprint density at radius 3 is 3.00 bits per heavy atom. The number of nitrogens with one attached hydrogen (secondary N) is 1. The highest BCUT2D eigenvalue weighted by Crippen LogP contribution is 2.36. The largest absolute Gasteiger partial charge is 0.368 e. The first-order chi connectivity index (χ1) is 11.1. The molecular weight excluding hydrogens is 319 g/mol. The van der Waals surface area contributed by atoms with Crippen molar-refractivity contribution in [2.24, 2.45) is 5.92 Å². The molecule has 0 unspecified atom stereocenters. The van der Waals surface area contributed by atoms with Gasteiger partial charge in [-0.05, 0) is 56.5 Å². The topological polar surface area (TPSA) is 41.6 Å². The van der Waals surface area contributed by atoms with Gasteiger partial charge in [-0.1, -0.05) is 17.7 Å². The van der Waals surface area contributed by atoms with Crippen molar-refractivity contribution >= 4 is 17.5 Å². The van der Waals surface area contributed by atoms with E-state index in [9.17, 15) is 9.18 Å². The van der Waals surface area contributed by atoms with Gasteiger partial charge in [-0.3, -0.25) is 9.69 Å². The van der Waals surface area contributed by atoms with Crippen LogP contribution >= 0.6 is 11.6 Å². The van der Waals surface area contributed by atoms with Crippen LogP contribution in [0.2, 0.25) is 5.02 Å². The summed E-state index contributed by atoms with van der Waals surface area (Å²) in [5, 5.41) is 3.14. The monoisotopic (exact) mass is 340 g/mol. The zero-order chi connectivity index (χ0) is 16.4. The van der Waals surface area contributed by atoms with Crippen LogP contribution in [0.4, 0.5) is 4.39 Å². The van der Waals surface area contributed by atoms with Crippen LogP contribution < -0.4 is 5.32 Å². The molecule has 6 heteroatoms. The minimum absolute atomic E-state index is 0.0295. The van der Waals surface area contributed by atoms with Crippen molar-refractivity contribution in [3.05, 3.63) is 34.6 Å². The molecule has 0 radical (unpaired) electrons. The van der Waals surface area contributed by atoms with E-state index < -0.39 is 5.82 Å². The van der Waals surface area contributed by atoms with Gasteiger partial charge in [-0.2, -0.15) is 0 Å². The molecule has 0 spiro atoms. The fourth-order valence-corrected chi connectivity index (χ4v) is 3.71. The number of amides is 1.